The lowest BCUT2D eigenvalue weighted by Crippen LogP contribution is -3.14. The van der Waals surface area contributed by atoms with Gasteiger partial charge in [-0.1, -0.05) is 6.07 Å². The number of hydrogen-bond donors (Lipinski definition) is 2. The predicted octanol–water partition coefficient (Wildman–Crippen LogP) is -0.436. The van der Waals surface area contributed by atoms with Crippen molar-refractivity contribution in [1.29, 1.82) is 0 Å². The number of hydrogen-bond acceptors (Lipinski definition) is 6. The minimum Gasteiger partial charge on any atom is -0.465 e. The summed E-state index contributed by atoms with van der Waals surface area (Å²) < 4.78 is 8.45. The van der Waals surface area contributed by atoms with E-state index in [1.807, 2.05) is 32.0 Å². The summed E-state index contributed by atoms with van der Waals surface area (Å²) in [4.78, 5) is 12.8. The summed E-state index contributed by atoms with van der Waals surface area (Å²) >= 11 is 5.49. The maximum Gasteiger partial charge on any atom is 0.364 e. The normalized spacial score (nSPS) is 23.0. The van der Waals surface area contributed by atoms with Crippen molar-refractivity contribution in [2.75, 3.05) is 13.7 Å². The number of likely N-dealkylation sites (tertiary alicyclic amines) is 1. The fraction of sp³-hybridized carbons (Fsp3) is 0.500. The van der Waals surface area contributed by atoms with E-state index in [0.717, 1.165) is 16.2 Å². The summed E-state index contributed by atoms with van der Waals surface area (Å²) in [6, 6.07) is 5.55. The number of carbonyl (C=O) groups excluding carboxylic acids is 1. The summed E-state index contributed by atoms with van der Waals surface area (Å²) in [5.41, 5.74) is 3.19. The Labute approximate surface area is 150 Å². The number of aliphatic hydroxyl groups is 1. The number of tetrazole rings is 1. The van der Waals surface area contributed by atoms with Gasteiger partial charge in [0.15, 0.2) is 12.7 Å². The van der Waals surface area contributed by atoms with Crippen molar-refractivity contribution in [3.05, 3.63) is 34.1 Å². The third kappa shape index (κ3) is 3.48. The van der Waals surface area contributed by atoms with Crippen molar-refractivity contribution < 1.29 is 19.5 Å². The molecule has 0 amide bonds. The molecule has 0 saturated carbocycles. The maximum absolute atomic E-state index is 11.9. The summed E-state index contributed by atoms with van der Waals surface area (Å²) in [5.74, 6) is -0.334. The number of aromatic nitrogens is 4. The molecule has 9 heteroatoms. The average molecular weight is 364 g/mol. The first-order valence-electron chi connectivity index (χ1n) is 8.11. The molecule has 1 unspecified atom stereocenters. The quantitative estimate of drug-likeness (QED) is 0.565. The van der Waals surface area contributed by atoms with Crippen LogP contribution in [-0.4, -0.2) is 56.7 Å². The molecule has 0 radical (unpaired) electrons. The van der Waals surface area contributed by atoms with Gasteiger partial charge in [-0.05, 0) is 59.8 Å². The third-order valence-electron chi connectivity index (χ3n) is 4.71. The van der Waals surface area contributed by atoms with Crippen LogP contribution in [0.1, 0.15) is 17.5 Å². The highest BCUT2D eigenvalue weighted by molar-refractivity contribution is 7.71. The molecule has 0 aliphatic carbocycles. The lowest BCUT2D eigenvalue weighted by Gasteiger charge is -2.18. The minimum absolute atomic E-state index is 0.334. The molecule has 1 fully saturated rings. The molecule has 8 nitrogen and oxygen atoms in total. The smallest absolute Gasteiger partial charge is 0.364 e. The molecule has 3 atom stereocenters. The number of methoxy groups -OCH3 is 1. The Bertz CT molecular complexity index is 847. The Morgan fingerprint density at radius 2 is 2.16 bits per heavy atom. The molecule has 2 N–H and O–H groups in total. The zero-order valence-corrected chi connectivity index (χ0v) is 15.3. The number of aryl methyl sites for hydroxylation is 2. The highest BCUT2D eigenvalue weighted by Gasteiger charge is 2.41. The zero-order chi connectivity index (χ0) is 18.1. The van der Waals surface area contributed by atoms with Gasteiger partial charge in [0.1, 0.15) is 12.6 Å². The van der Waals surface area contributed by atoms with Crippen LogP contribution in [0, 0.1) is 18.6 Å². The Hall–Kier alpha value is -2.10. The summed E-state index contributed by atoms with van der Waals surface area (Å²) in [7, 11) is 1.35. The van der Waals surface area contributed by atoms with E-state index in [9.17, 15) is 9.90 Å². The van der Waals surface area contributed by atoms with Gasteiger partial charge in [-0.2, -0.15) is 9.36 Å². The van der Waals surface area contributed by atoms with Crippen molar-refractivity contribution in [3.8, 4) is 5.69 Å². The lowest BCUT2D eigenvalue weighted by atomic mass is 10.1. The second-order valence-electron chi connectivity index (χ2n) is 6.43. The maximum atomic E-state index is 11.9. The SMILES string of the molecule is COC(=O)[C@@H]1C[C@@H](O)C[NH+]1Cn1nnn(-c2ccc(C)c(C)c2)c1=S. The first-order chi connectivity index (χ1) is 11.9. The van der Waals surface area contributed by atoms with Gasteiger partial charge in [-0.15, -0.1) is 0 Å². The average Bonchev–Trinajstić information content (AvgIpc) is 3.13. The van der Waals surface area contributed by atoms with Crippen molar-refractivity contribution in [2.24, 2.45) is 0 Å². The molecule has 25 heavy (non-hydrogen) atoms. The van der Waals surface area contributed by atoms with Gasteiger partial charge >= 0.3 is 5.97 Å². The summed E-state index contributed by atoms with van der Waals surface area (Å²) in [5, 5.41) is 18.2. The fourth-order valence-corrected chi connectivity index (χ4v) is 3.38. The van der Waals surface area contributed by atoms with Crippen LogP contribution in [0.25, 0.3) is 5.69 Å². The van der Waals surface area contributed by atoms with Crippen molar-refractivity contribution >= 4 is 18.2 Å². The minimum atomic E-state index is -0.539. The van der Waals surface area contributed by atoms with Gasteiger partial charge in [-0.25, -0.2) is 4.79 Å². The fourth-order valence-electron chi connectivity index (χ4n) is 3.13. The van der Waals surface area contributed by atoms with E-state index in [4.69, 9.17) is 17.0 Å². The predicted molar refractivity (Wildman–Crippen MR) is 91.9 cm³/mol. The second-order valence-corrected chi connectivity index (χ2v) is 6.79. The molecule has 1 saturated heterocycles. The molecule has 1 aromatic carbocycles. The van der Waals surface area contributed by atoms with E-state index < -0.39 is 12.1 Å². The standard InChI is InChI=1S/C16H21N5O3S/c1-10-4-5-12(6-11(10)2)21-16(25)20(17-18-21)9-19-8-13(22)7-14(19)15(23)24-3/h4-6,13-14,22H,7-9H2,1-3H3/p+1/t13-,14+/m1/s1. The number of benzene rings is 1. The summed E-state index contributed by atoms with van der Waals surface area (Å²) in [6.07, 6.45) is -0.163. The van der Waals surface area contributed by atoms with Crippen LogP contribution in [-0.2, 0) is 16.2 Å². The van der Waals surface area contributed by atoms with Crippen LogP contribution in [0.3, 0.4) is 0 Å². The van der Waals surface area contributed by atoms with Crippen LogP contribution in [0.15, 0.2) is 18.2 Å². The van der Waals surface area contributed by atoms with Gasteiger partial charge in [0.25, 0.3) is 0 Å². The highest BCUT2D eigenvalue weighted by Crippen LogP contribution is 2.13. The van der Waals surface area contributed by atoms with Crippen molar-refractivity contribution in [3.63, 3.8) is 0 Å². The number of quaternary nitrogens is 1. The topological polar surface area (TPSA) is 86.6 Å². The van der Waals surface area contributed by atoms with Gasteiger partial charge in [0.05, 0.1) is 12.8 Å². The van der Waals surface area contributed by atoms with E-state index in [1.54, 1.807) is 9.36 Å². The number of carbonyl (C=O) groups is 1. The van der Waals surface area contributed by atoms with Crippen LogP contribution in [0.2, 0.25) is 0 Å². The molecule has 1 aliphatic heterocycles. The molecule has 1 aromatic heterocycles. The molecule has 0 spiro atoms. The number of aliphatic hydroxyl groups excluding tert-OH is 1. The Kier molecular flexibility index (Phi) is 4.98. The van der Waals surface area contributed by atoms with E-state index in [2.05, 4.69) is 10.4 Å². The Morgan fingerprint density at radius 1 is 1.40 bits per heavy atom. The van der Waals surface area contributed by atoms with E-state index in [-0.39, 0.29) is 5.97 Å². The number of nitrogens with one attached hydrogen (secondary N) is 1. The van der Waals surface area contributed by atoms with E-state index >= 15 is 0 Å². The lowest BCUT2D eigenvalue weighted by molar-refractivity contribution is -0.928. The van der Waals surface area contributed by atoms with Gasteiger partial charge in [0, 0.05) is 6.42 Å². The molecule has 0 bridgehead atoms. The second kappa shape index (κ2) is 7.03. The van der Waals surface area contributed by atoms with Crippen LogP contribution in [0.4, 0.5) is 0 Å². The van der Waals surface area contributed by atoms with Crippen LogP contribution < -0.4 is 4.90 Å². The molecular formula is C16H22N5O3S+. The largest absolute Gasteiger partial charge is 0.465 e. The first-order valence-corrected chi connectivity index (χ1v) is 8.52. The molecular weight excluding hydrogens is 342 g/mol. The molecule has 3 rings (SSSR count). The number of esters is 1. The van der Waals surface area contributed by atoms with E-state index in [0.29, 0.717) is 24.4 Å². The third-order valence-corrected chi connectivity index (χ3v) is 5.10. The molecule has 134 valence electrons. The van der Waals surface area contributed by atoms with E-state index in [1.165, 1.54) is 12.7 Å². The van der Waals surface area contributed by atoms with Gasteiger partial charge < -0.3 is 14.7 Å². The summed E-state index contributed by atoms with van der Waals surface area (Å²) in [6.45, 7) is 4.87. The number of ether oxygens (including phenoxy) is 1. The molecule has 2 heterocycles. The number of rotatable bonds is 4. The molecule has 1 aliphatic rings. The van der Waals surface area contributed by atoms with Gasteiger partial charge in [-0.3, -0.25) is 0 Å². The Morgan fingerprint density at radius 3 is 2.84 bits per heavy atom. The molecule has 2 aromatic rings. The first kappa shape index (κ1) is 17.7. The highest BCUT2D eigenvalue weighted by atomic mass is 32.1. The van der Waals surface area contributed by atoms with Crippen molar-refractivity contribution in [2.45, 2.75) is 39.1 Å². The zero-order valence-electron chi connectivity index (χ0n) is 14.5. The van der Waals surface area contributed by atoms with Crippen molar-refractivity contribution in [1.82, 2.24) is 19.8 Å². The van der Waals surface area contributed by atoms with Gasteiger partial charge in [0.2, 0.25) is 4.77 Å². The number of nitrogens with zero attached hydrogens (tertiary/aromatic N) is 4. The monoisotopic (exact) mass is 364 g/mol. The van der Waals surface area contributed by atoms with Crippen LogP contribution >= 0.6 is 12.2 Å². The Balaban J connectivity index is 1.85. The van der Waals surface area contributed by atoms with Crippen LogP contribution in [0.5, 0.6) is 0 Å².